The predicted octanol–water partition coefficient (Wildman–Crippen LogP) is 2.42. The van der Waals surface area contributed by atoms with E-state index in [1.165, 1.54) is 0 Å². The number of unbranched alkanes of at least 4 members (excludes halogenated alkanes) is 1. The highest BCUT2D eigenvalue weighted by molar-refractivity contribution is 5.90. The number of rotatable bonds is 12. The van der Waals surface area contributed by atoms with Crippen LogP contribution in [0.3, 0.4) is 0 Å². The molecule has 1 aromatic heterocycles. The molecule has 0 saturated carbocycles. The van der Waals surface area contributed by atoms with Crippen molar-refractivity contribution in [1.29, 1.82) is 0 Å². The molecule has 0 unspecified atom stereocenters. The van der Waals surface area contributed by atoms with Crippen LogP contribution in [0.15, 0.2) is 66.9 Å². The zero-order valence-corrected chi connectivity index (χ0v) is 18.9. The van der Waals surface area contributed by atoms with Crippen LogP contribution in [0.2, 0.25) is 0 Å². The van der Waals surface area contributed by atoms with Gasteiger partial charge in [-0.2, -0.15) is 0 Å². The number of aryl methyl sites for hydroxylation is 1. The van der Waals surface area contributed by atoms with Crippen LogP contribution in [0.4, 0.5) is 0 Å². The van der Waals surface area contributed by atoms with E-state index in [2.05, 4.69) is 15.6 Å². The molecule has 0 bridgehead atoms. The van der Waals surface area contributed by atoms with Gasteiger partial charge in [-0.1, -0.05) is 61.0 Å². The lowest BCUT2D eigenvalue weighted by Crippen LogP contribution is -2.51. The summed E-state index contributed by atoms with van der Waals surface area (Å²) in [6.45, 7) is 0.846. The van der Waals surface area contributed by atoms with E-state index in [1.54, 1.807) is 6.20 Å². The third-order valence-corrected chi connectivity index (χ3v) is 5.69. The van der Waals surface area contributed by atoms with E-state index in [9.17, 15) is 9.59 Å². The monoisotopic (exact) mass is 447 g/mol. The van der Waals surface area contributed by atoms with Gasteiger partial charge >= 0.3 is 0 Å². The Kier molecular flexibility index (Phi) is 9.35. The molecular formula is C26H33N5O2. The highest BCUT2D eigenvalue weighted by Gasteiger charge is 2.23. The van der Waals surface area contributed by atoms with E-state index in [-0.39, 0.29) is 18.4 Å². The van der Waals surface area contributed by atoms with Gasteiger partial charge in [0.2, 0.25) is 11.8 Å². The second kappa shape index (κ2) is 12.7. The molecule has 174 valence electrons. The van der Waals surface area contributed by atoms with Gasteiger partial charge in [-0.25, -0.2) is 0 Å². The molecule has 0 saturated heterocycles. The van der Waals surface area contributed by atoms with E-state index in [1.807, 2.05) is 60.7 Å². The van der Waals surface area contributed by atoms with Crippen LogP contribution in [0.5, 0.6) is 0 Å². The first kappa shape index (κ1) is 24.4. The lowest BCUT2D eigenvalue weighted by Gasteiger charge is -2.21. The fourth-order valence-corrected chi connectivity index (χ4v) is 3.76. The van der Waals surface area contributed by atoms with Crippen LogP contribution < -0.4 is 22.1 Å². The van der Waals surface area contributed by atoms with E-state index < -0.39 is 12.1 Å². The van der Waals surface area contributed by atoms with Crippen molar-refractivity contribution in [3.63, 3.8) is 0 Å². The molecule has 7 nitrogen and oxygen atoms in total. The van der Waals surface area contributed by atoms with Crippen LogP contribution in [-0.2, 0) is 22.6 Å². The zero-order valence-electron chi connectivity index (χ0n) is 18.9. The van der Waals surface area contributed by atoms with E-state index in [0.717, 1.165) is 34.9 Å². The Morgan fingerprint density at radius 1 is 0.909 bits per heavy atom. The maximum atomic E-state index is 13.1. The minimum atomic E-state index is -0.687. The van der Waals surface area contributed by atoms with E-state index in [0.29, 0.717) is 25.8 Å². The SMILES string of the molecule is NCCCC[C@@H](N)C(=O)N[C@H](CCc1ccccc1)C(=O)NCc1nccc2ccccc12. The molecular weight excluding hydrogens is 414 g/mol. The zero-order chi connectivity index (χ0) is 23.5. The summed E-state index contributed by atoms with van der Waals surface area (Å²) in [5, 5.41) is 7.87. The normalized spacial score (nSPS) is 12.8. The summed E-state index contributed by atoms with van der Waals surface area (Å²) in [6, 6.07) is 18.4. The van der Waals surface area contributed by atoms with Gasteiger partial charge in [-0.15, -0.1) is 0 Å². The van der Waals surface area contributed by atoms with E-state index >= 15 is 0 Å². The van der Waals surface area contributed by atoms with Crippen molar-refractivity contribution < 1.29 is 9.59 Å². The Labute approximate surface area is 195 Å². The van der Waals surface area contributed by atoms with Crippen LogP contribution in [-0.4, -0.2) is 35.4 Å². The van der Waals surface area contributed by atoms with Gasteiger partial charge in [0.05, 0.1) is 18.3 Å². The molecule has 0 spiro atoms. The number of amides is 2. The molecule has 6 N–H and O–H groups in total. The fourth-order valence-electron chi connectivity index (χ4n) is 3.76. The van der Waals surface area contributed by atoms with Crippen molar-refractivity contribution in [3.05, 3.63) is 78.1 Å². The molecule has 0 aliphatic carbocycles. The van der Waals surface area contributed by atoms with Gasteiger partial charge in [0.25, 0.3) is 0 Å². The lowest BCUT2D eigenvalue weighted by molar-refractivity contribution is -0.130. The predicted molar refractivity (Wildman–Crippen MR) is 131 cm³/mol. The van der Waals surface area contributed by atoms with Crippen LogP contribution in [0.1, 0.15) is 36.9 Å². The van der Waals surface area contributed by atoms with Crippen LogP contribution in [0, 0.1) is 0 Å². The molecule has 0 fully saturated rings. The first-order valence-corrected chi connectivity index (χ1v) is 11.5. The van der Waals surface area contributed by atoms with Crippen molar-refractivity contribution >= 4 is 22.6 Å². The number of pyridine rings is 1. The van der Waals surface area contributed by atoms with Crippen molar-refractivity contribution in [2.24, 2.45) is 11.5 Å². The third-order valence-electron chi connectivity index (χ3n) is 5.69. The summed E-state index contributed by atoms with van der Waals surface area (Å²) in [5.74, 6) is -0.563. The van der Waals surface area contributed by atoms with Gasteiger partial charge in [0, 0.05) is 11.6 Å². The largest absolute Gasteiger partial charge is 0.349 e. The summed E-state index contributed by atoms with van der Waals surface area (Å²) in [5.41, 5.74) is 13.5. The summed E-state index contributed by atoms with van der Waals surface area (Å²) >= 11 is 0. The molecule has 0 radical (unpaired) electrons. The summed E-state index contributed by atoms with van der Waals surface area (Å²) in [6.07, 6.45) is 5.00. The molecule has 3 rings (SSSR count). The Morgan fingerprint density at radius 3 is 2.45 bits per heavy atom. The van der Waals surface area contributed by atoms with Gasteiger partial charge in [0.1, 0.15) is 6.04 Å². The Hall–Kier alpha value is -3.29. The van der Waals surface area contributed by atoms with E-state index in [4.69, 9.17) is 11.5 Å². The molecule has 7 heteroatoms. The first-order valence-electron chi connectivity index (χ1n) is 11.5. The topological polar surface area (TPSA) is 123 Å². The number of nitrogens with zero attached hydrogens (tertiary/aromatic N) is 1. The number of nitrogens with two attached hydrogens (primary N) is 2. The Morgan fingerprint density at radius 2 is 1.67 bits per heavy atom. The molecule has 2 amide bonds. The van der Waals surface area contributed by atoms with Crippen molar-refractivity contribution in [2.45, 2.75) is 50.7 Å². The maximum Gasteiger partial charge on any atom is 0.242 e. The highest BCUT2D eigenvalue weighted by Crippen LogP contribution is 2.16. The average molecular weight is 448 g/mol. The molecule has 2 atom stereocenters. The first-order chi connectivity index (χ1) is 16.1. The molecule has 0 aliphatic heterocycles. The summed E-state index contributed by atoms with van der Waals surface area (Å²) < 4.78 is 0. The van der Waals surface area contributed by atoms with Crippen molar-refractivity contribution in [2.75, 3.05) is 6.54 Å². The van der Waals surface area contributed by atoms with Crippen molar-refractivity contribution in [1.82, 2.24) is 15.6 Å². The number of nitrogens with one attached hydrogen (secondary N) is 2. The number of hydrogen-bond acceptors (Lipinski definition) is 5. The number of aromatic nitrogens is 1. The standard InChI is InChI=1S/C26H33N5O2/c27-16-7-6-12-22(28)25(32)31-23(14-13-19-8-2-1-3-9-19)26(33)30-18-24-21-11-5-4-10-20(21)15-17-29-24/h1-5,8-11,15,17,22-23H,6-7,12-14,16,18,27-28H2,(H,30,33)(H,31,32)/t22-,23-/m1/s1. The molecule has 0 aliphatic rings. The van der Waals surface area contributed by atoms with Gasteiger partial charge < -0.3 is 22.1 Å². The second-order valence-electron chi connectivity index (χ2n) is 8.17. The smallest absolute Gasteiger partial charge is 0.242 e. The summed E-state index contributed by atoms with van der Waals surface area (Å²) in [7, 11) is 0. The minimum Gasteiger partial charge on any atom is -0.349 e. The Bertz CT molecular complexity index is 1040. The number of carbonyl (C=O) groups is 2. The number of carbonyl (C=O) groups excluding carboxylic acids is 2. The molecule has 2 aromatic carbocycles. The van der Waals surface area contributed by atoms with Crippen molar-refractivity contribution in [3.8, 4) is 0 Å². The third kappa shape index (κ3) is 7.37. The Balaban J connectivity index is 1.66. The molecule has 1 heterocycles. The fraction of sp³-hybridized carbons (Fsp3) is 0.346. The molecule has 33 heavy (non-hydrogen) atoms. The number of benzene rings is 2. The highest BCUT2D eigenvalue weighted by atomic mass is 16.2. The average Bonchev–Trinajstić information content (AvgIpc) is 2.85. The van der Waals surface area contributed by atoms with Crippen LogP contribution in [0.25, 0.3) is 10.8 Å². The van der Waals surface area contributed by atoms with Crippen LogP contribution >= 0.6 is 0 Å². The maximum absolute atomic E-state index is 13.1. The lowest BCUT2D eigenvalue weighted by atomic mass is 10.0. The molecule has 3 aromatic rings. The number of fused-ring (bicyclic) bond motifs is 1. The summed E-state index contributed by atoms with van der Waals surface area (Å²) in [4.78, 5) is 30.2. The van der Waals surface area contributed by atoms with Gasteiger partial charge in [0.15, 0.2) is 0 Å². The quantitative estimate of drug-likeness (QED) is 0.318. The second-order valence-corrected chi connectivity index (χ2v) is 8.17. The van der Waals surface area contributed by atoms with Gasteiger partial charge in [-0.05, 0) is 49.2 Å². The minimum absolute atomic E-state index is 0.247. The van der Waals surface area contributed by atoms with Gasteiger partial charge in [-0.3, -0.25) is 14.6 Å². The number of hydrogen-bond donors (Lipinski definition) is 4.